The Kier molecular flexibility index (Phi) is 4.82. The molecule has 0 spiro atoms. The molecule has 18 heavy (non-hydrogen) atoms. The molecule has 1 rings (SSSR count). The van der Waals surface area contributed by atoms with E-state index in [0.29, 0.717) is 12.0 Å². The minimum absolute atomic E-state index is 0.305. The predicted octanol–water partition coefficient (Wildman–Crippen LogP) is 2.60. The van der Waals surface area contributed by atoms with Gasteiger partial charge in [0.05, 0.1) is 6.10 Å². The van der Waals surface area contributed by atoms with Crippen molar-refractivity contribution < 1.29 is 13.9 Å². The molecule has 1 aromatic rings. The third kappa shape index (κ3) is 3.06. The molecule has 2 unspecified atom stereocenters. The van der Waals surface area contributed by atoms with Crippen LogP contribution in [0.3, 0.4) is 0 Å². The van der Waals surface area contributed by atoms with Crippen molar-refractivity contribution >= 4 is 0 Å². The number of hydrogen-bond donors (Lipinski definition) is 1. The molecule has 0 aliphatic heterocycles. The summed E-state index contributed by atoms with van der Waals surface area (Å²) in [7, 11) is 3.80. The van der Waals surface area contributed by atoms with Crippen LogP contribution < -0.4 is 0 Å². The van der Waals surface area contributed by atoms with Gasteiger partial charge in [-0.1, -0.05) is 13.0 Å². The van der Waals surface area contributed by atoms with E-state index in [2.05, 4.69) is 0 Å². The van der Waals surface area contributed by atoms with Crippen LogP contribution in [0.5, 0.6) is 0 Å². The van der Waals surface area contributed by atoms with E-state index < -0.39 is 17.7 Å². The summed E-state index contributed by atoms with van der Waals surface area (Å²) in [5.41, 5.74) is 0.216. The quantitative estimate of drug-likeness (QED) is 0.876. The summed E-state index contributed by atoms with van der Waals surface area (Å²) in [4.78, 5) is 1.96. The third-order valence-electron chi connectivity index (χ3n) is 3.87. The first-order valence-electron chi connectivity index (χ1n) is 6.10. The molecule has 0 saturated heterocycles. The Bertz CT molecular complexity index is 409. The second-order valence-electron chi connectivity index (χ2n) is 5.07. The normalized spacial score (nSPS) is 16.7. The maximum absolute atomic E-state index is 13.1. The fourth-order valence-electron chi connectivity index (χ4n) is 1.96. The van der Waals surface area contributed by atoms with Gasteiger partial charge >= 0.3 is 0 Å². The average Bonchev–Trinajstić information content (AvgIpc) is 2.32. The molecule has 2 atom stereocenters. The predicted molar refractivity (Wildman–Crippen MR) is 68.5 cm³/mol. The van der Waals surface area contributed by atoms with Gasteiger partial charge in [-0.15, -0.1) is 0 Å². The van der Waals surface area contributed by atoms with E-state index in [0.717, 1.165) is 18.6 Å². The van der Waals surface area contributed by atoms with E-state index in [1.54, 1.807) is 0 Å². The number of benzene rings is 1. The van der Waals surface area contributed by atoms with Crippen LogP contribution in [-0.2, 0) is 6.42 Å². The van der Waals surface area contributed by atoms with E-state index in [1.807, 2.05) is 32.8 Å². The largest absolute Gasteiger partial charge is 0.391 e. The number of aliphatic hydroxyl groups excluding tert-OH is 1. The maximum Gasteiger partial charge on any atom is 0.159 e. The zero-order chi connectivity index (χ0) is 13.9. The second-order valence-corrected chi connectivity index (χ2v) is 5.07. The first-order valence-corrected chi connectivity index (χ1v) is 6.10. The first-order chi connectivity index (χ1) is 8.31. The lowest BCUT2D eigenvalue weighted by molar-refractivity contribution is 0.00297. The van der Waals surface area contributed by atoms with Gasteiger partial charge in [0.25, 0.3) is 0 Å². The Morgan fingerprint density at radius 3 is 2.33 bits per heavy atom. The summed E-state index contributed by atoms with van der Waals surface area (Å²) >= 11 is 0. The van der Waals surface area contributed by atoms with Gasteiger partial charge in [0.1, 0.15) is 0 Å². The van der Waals surface area contributed by atoms with E-state index in [4.69, 9.17) is 0 Å². The van der Waals surface area contributed by atoms with Gasteiger partial charge in [-0.25, -0.2) is 8.78 Å². The van der Waals surface area contributed by atoms with Gasteiger partial charge in [0.2, 0.25) is 0 Å². The molecule has 0 heterocycles. The number of aliphatic hydroxyl groups is 1. The maximum atomic E-state index is 13.1. The lowest BCUT2D eigenvalue weighted by Crippen LogP contribution is -2.51. The topological polar surface area (TPSA) is 23.5 Å². The van der Waals surface area contributed by atoms with E-state index in [9.17, 15) is 13.9 Å². The highest BCUT2D eigenvalue weighted by Crippen LogP contribution is 2.24. The molecule has 0 amide bonds. The van der Waals surface area contributed by atoms with Crippen LogP contribution in [0, 0.1) is 11.6 Å². The molecule has 0 fully saturated rings. The van der Waals surface area contributed by atoms with Crippen LogP contribution >= 0.6 is 0 Å². The zero-order valence-electron chi connectivity index (χ0n) is 11.4. The highest BCUT2D eigenvalue weighted by molar-refractivity contribution is 5.19. The summed E-state index contributed by atoms with van der Waals surface area (Å²) in [5, 5.41) is 10.3. The Labute approximate surface area is 107 Å². The lowest BCUT2D eigenvalue weighted by atomic mass is 9.86. The van der Waals surface area contributed by atoms with Crippen LogP contribution in [-0.4, -0.2) is 35.7 Å². The fourth-order valence-corrected chi connectivity index (χ4v) is 1.96. The zero-order valence-corrected chi connectivity index (χ0v) is 11.4. The molecule has 1 aromatic carbocycles. The highest BCUT2D eigenvalue weighted by atomic mass is 19.2. The Morgan fingerprint density at radius 1 is 1.28 bits per heavy atom. The molecule has 0 radical (unpaired) electrons. The van der Waals surface area contributed by atoms with E-state index >= 15 is 0 Å². The minimum atomic E-state index is -0.872. The highest BCUT2D eigenvalue weighted by Gasteiger charge is 2.33. The van der Waals surface area contributed by atoms with Gasteiger partial charge < -0.3 is 10.0 Å². The molecule has 0 bridgehead atoms. The molecule has 0 saturated carbocycles. The summed E-state index contributed by atoms with van der Waals surface area (Å²) < 4.78 is 25.9. The fraction of sp³-hybridized carbons (Fsp3) is 0.571. The summed E-state index contributed by atoms with van der Waals surface area (Å²) in [6.45, 7) is 3.95. The van der Waals surface area contributed by atoms with Crippen molar-refractivity contribution in [2.24, 2.45) is 0 Å². The lowest BCUT2D eigenvalue weighted by Gasteiger charge is -2.40. The molecule has 2 nitrogen and oxygen atoms in total. The van der Waals surface area contributed by atoms with Crippen molar-refractivity contribution in [1.29, 1.82) is 0 Å². The van der Waals surface area contributed by atoms with Gasteiger partial charge in [-0.2, -0.15) is 0 Å². The van der Waals surface area contributed by atoms with Crippen molar-refractivity contribution in [3.05, 3.63) is 35.4 Å². The van der Waals surface area contributed by atoms with Crippen molar-refractivity contribution in [3.8, 4) is 0 Å². The van der Waals surface area contributed by atoms with Gasteiger partial charge in [-0.3, -0.25) is 0 Å². The summed E-state index contributed by atoms with van der Waals surface area (Å²) in [6.07, 6.45) is 0.437. The van der Waals surface area contributed by atoms with Crippen molar-refractivity contribution in [1.82, 2.24) is 4.90 Å². The van der Waals surface area contributed by atoms with E-state index in [-0.39, 0.29) is 5.54 Å². The number of likely N-dealkylation sites (N-methyl/N-ethyl adjacent to an activating group) is 1. The van der Waals surface area contributed by atoms with Gasteiger partial charge in [-0.05, 0) is 45.1 Å². The number of hydrogen-bond acceptors (Lipinski definition) is 2. The van der Waals surface area contributed by atoms with Gasteiger partial charge in [0, 0.05) is 12.0 Å². The average molecular weight is 257 g/mol. The van der Waals surface area contributed by atoms with Crippen molar-refractivity contribution in [3.63, 3.8) is 0 Å². The summed E-state index contributed by atoms with van der Waals surface area (Å²) in [5.74, 6) is -1.73. The number of halogens is 2. The van der Waals surface area contributed by atoms with Crippen LogP contribution in [0.15, 0.2) is 18.2 Å². The summed E-state index contributed by atoms with van der Waals surface area (Å²) in [6, 6.07) is 3.74. The first kappa shape index (κ1) is 15.1. The molecule has 0 aromatic heterocycles. The van der Waals surface area contributed by atoms with Crippen LogP contribution in [0.2, 0.25) is 0 Å². The second kappa shape index (κ2) is 5.76. The van der Waals surface area contributed by atoms with Crippen molar-refractivity contribution in [2.45, 2.75) is 38.3 Å². The third-order valence-corrected chi connectivity index (χ3v) is 3.87. The van der Waals surface area contributed by atoms with E-state index in [1.165, 1.54) is 6.07 Å². The molecule has 0 aliphatic carbocycles. The SMILES string of the molecule is CCC(C)(C(O)Cc1ccc(F)c(F)c1)N(C)C. The van der Waals surface area contributed by atoms with Crippen LogP contribution in [0.25, 0.3) is 0 Å². The van der Waals surface area contributed by atoms with Crippen LogP contribution in [0.1, 0.15) is 25.8 Å². The Balaban J connectivity index is 2.86. The Morgan fingerprint density at radius 2 is 1.89 bits per heavy atom. The smallest absolute Gasteiger partial charge is 0.159 e. The molecule has 4 heteroatoms. The van der Waals surface area contributed by atoms with Crippen molar-refractivity contribution in [2.75, 3.05) is 14.1 Å². The minimum Gasteiger partial charge on any atom is -0.391 e. The molecule has 0 aliphatic rings. The Hall–Kier alpha value is -1.00. The monoisotopic (exact) mass is 257 g/mol. The number of nitrogens with zero attached hydrogens (tertiary/aromatic N) is 1. The molecular formula is C14H21F2NO. The molecule has 1 N–H and O–H groups in total. The standard InChI is InChI=1S/C14H21F2NO/c1-5-14(2,17(3)4)13(18)9-10-6-7-11(15)12(16)8-10/h6-8,13,18H,5,9H2,1-4H3. The van der Waals surface area contributed by atoms with Gasteiger partial charge in [0.15, 0.2) is 11.6 Å². The van der Waals surface area contributed by atoms with Crippen LogP contribution in [0.4, 0.5) is 8.78 Å². The molecule has 102 valence electrons. The number of rotatable bonds is 5. The molecular weight excluding hydrogens is 236 g/mol.